The van der Waals surface area contributed by atoms with Gasteiger partial charge in [0.2, 0.25) is 0 Å². The Morgan fingerprint density at radius 1 is 1.20 bits per heavy atom. The number of nitrogens with two attached hydrogens (primary N) is 1. The number of nitrogens with one attached hydrogen (secondary N) is 1. The summed E-state index contributed by atoms with van der Waals surface area (Å²) < 4.78 is 0.860. The Morgan fingerprint density at radius 2 is 1.90 bits per heavy atom. The first kappa shape index (κ1) is 14.4. The van der Waals surface area contributed by atoms with E-state index in [-0.39, 0.29) is 11.7 Å². The van der Waals surface area contributed by atoms with Gasteiger partial charge in [-0.1, -0.05) is 22.0 Å². The average molecular weight is 335 g/mol. The first-order valence-electron chi connectivity index (χ1n) is 6.05. The Bertz CT molecular complexity index is 661. The molecule has 104 valence electrons. The number of carbonyl (C=O) groups is 1. The van der Waals surface area contributed by atoms with E-state index in [0.29, 0.717) is 16.9 Å². The lowest BCUT2D eigenvalue weighted by Gasteiger charge is -2.12. The zero-order valence-electron chi connectivity index (χ0n) is 11.2. The van der Waals surface area contributed by atoms with Crippen LogP contribution in [0.25, 0.3) is 0 Å². The third kappa shape index (κ3) is 2.93. The fraction of sp³-hybridized carbons (Fsp3) is 0.133. The van der Waals surface area contributed by atoms with Crippen molar-refractivity contribution in [2.75, 3.05) is 11.1 Å². The summed E-state index contributed by atoms with van der Waals surface area (Å²) in [6.45, 7) is 3.64. The molecule has 2 aromatic rings. The van der Waals surface area contributed by atoms with E-state index in [9.17, 15) is 9.90 Å². The maximum absolute atomic E-state index is 12.2. The minimum absolute atomic E-state index is 0.0955. The zero-order valence-corrected chi connectivity index (χ0v) is 12.8. The van der Waals surface area contributed by atoms with Gasteiger partial charge in [0.1, 0.15) is 5.75 Å². The molecule has 0 atom stereocenters. The average Bonchev–Trinajstić information content (AvgIpc) is 2.36. The highest BCUT2D eigenvalue weighted by molar-refractivity contribution is 9.10. The van der Waals surface area contributed by atoms with Crippen molar-refractivity contribution in [3.63, 3.8) is 0 Å². The van der Waals surface area contributed by atoms with E-state index in [1.165, 1.54) is 6.07 Å². The molecule has 0 fully saturated rings. The van der Waals surface area contributed by atoms with E-state index in [2.05, 4.69) is 21.2 Å². The number of aromatic hydroxyl groups is 1. The van der Waals surface area contributed by atoms with E-state index in [0.717, 1.165) is 15.6 Å². The number of nitrogen functional groups attached to an aromatic ring is 1. The molecular formula is C15H15BrN2O2. The molecule has 0 bridgehead atoms. The highest BCUT2D eigenvalue weighted by atomic mass is 79.9. The molecule has 0 saturated heterocycles. The normalized spacial score (nSPS) is 10.3. The van der Waals surface area contributed by atoms with Gasteiger partial charge < -0.3 is 16.2 Å². The molecule has 20 heavy (non-hydrogen) atoms. The first-order valence-corrected chi connectivity index (χ1v) is 6.84. The summed E-state index contributed by atoms with van der Waals surface area (Å²) >= 11 is 3.35. The number of benzene rings is 2. The number of phenolic OH excluding ortho intramolecular Hbond substituents is 1. The third-order valence-corrected chi connectivity index (χ3v) is 3.50. The smallest absolute Gasteiger partial charge is 0.255 e. The number of hydrogen-bond acceptors (Lipinski definition) is 3. The summed E-state index contributed by atoms with van der Waals surface area (Å²) in [4.78, 5) is 12.2. The molecule has 5 heteroatoms. The number of anilines is 2. The van der Waals surface area contributed by atoms with Gasteiger partial charge in [0.15, 0.2) is 0 Å². The largest absolute Gasteiger partial charge is 0.508 e. The molecule has 0 saturated carbocycles. The van der Waals surface area contributed by atoms with Gasteiger partial charge in [-0.3, -0.25) is 4.79 Å². The Balaban J connectivity index is 2.30. The molecule has 0 aliphatic rings. The summed E-state index contributed by atoms with van der Waals surface area (Å²) in [7, 11) is 0. The van der Waals surface area contributed by atoms with Crippen molar-refractivity contribution in [2.24, 2.45) is 0 Å². The van der Waals surface area contributed by atoms with Crippen molar-refractivity contribution in [1.29, 1.82) is 0 Å². The first-order chi connectivity index (χ1) is 9.38. The summed E-state index contributed by atoms with van der Waals surface area (Å²) in [5.41, 5.74) is 8.95. The Kier molecular flexibility index (Phi) is 3.99. The van der Waals surface area contributed by atoms with E-state index in [1.54, 1.807) is 25.1 Å². The summed E-state index contributed by atoms with van der Waals surface area (Å²) in [5, 5.41) is 12.4. The molecular weight excluding hydrogens is 320 g/mol. The minimum atomic E-state index is -0.308. The number of phenols is 1. The van der Waals surface area contributed by atoms with Gasteiger partial charge >= 0.3 is 0 Å². The van der Waals surface area contributed by atoms with Gasteiger partial charge in [0.05, 0.1) is 11.4 Å². The van der Waals surface area contributed by atoms with Crippen LogP contribution in [0.5, 0.6) is 5.75 Å². The van der Waals surface area contributed by atoms with E-state index < -0.39 is 0 Å². The van der Waals surface area contributed by atoms with Crippen LogP contribution in [0.2, 0.25) is 0 Å². The quantitative estimate of drug-likeness (QED) is 0.734. The zero-order chi connectivity index (χ0) is 14.9. The van der Waals surface area contributed by atoms with Crippen LogP contribution in [0.1, 0.15) is 21.5 Å². The third-order valence-electron chi connectivity index (χ3n) is 3.04. The van der Waals surface area contributed by atoms with Crippen molar-refractivity contribution >= 4 is 33.2 Å². The van der Waals surface area contributed by atoms with Gasteiger partial charge in [-0.2, -0.15) is 0 Å². The highest BCUT2D eigenvalue weighted by Gasteiger charge is 2.12. The molecule has 2 rings (SSSR count). The van der Waals surface area contributed by atoms with Crippen molar-refractivity contribution < 1.29 is 9.90 Å². The number of carbonyl (C=O) groups excluding carboxylic acids is 1. The monoisotopic (exact) mass is 334 g/mol. The van der Waals surface area contributed by atoms with Gasteiger partial charge in [-0.05, 0) is 49.2 Å². The van der Waals surface area contributed by atoms with Crippen LogP contribution in [0.3, 0.4) is 0 Å². The van der Waals surface area contributed by atoms with Crippen LogP contribution in [-0.4, -0.2) is 11.0 Å². The second-order valence-electron chi connectivity index (χ2n) is 4.64. The molecule has 2 aromatic carbocycles. The molecule has 0 heterocycles. The van der Waals surface area contributed by atoms with Crippen LogP contribution >= 0.6 is 15.9 Å². The number of rotatable bonds is 2. The fourth-order valence-corrected chi connectivity index (χ4v) is 2.47. The number of hydrogen-bond donors (Lipinski definition) is 3. The fourth-order valence-electron chi connectivity index (χ4n) is 1.88. The van der Waals surface area contributed by atoms with Gasteiger partial charge in [-0.25, -0.2) is 0 Å². The minimum Gasteiger partial charge on any atom is -0.508 e. The summed E-state index contributed by atoms with van der Waals surface area (Å²) in [6, 6.07) is 8.40. The van der Waals surface area contributed by atoms with Gasteiger partial charge in [-0.15, -0.1) is 0 Å². The maximum Gasteiger partial charge on any atom is 0.255 e. The van der Waals surface area contributed by atoms with Crippen molar-refractivity contribution in [1.82, 2.24) is 0 Å². The molecule has 1 amide bonds. The molecule has 0 aliphatic heterocycles. The highest BCUT2D eigenvalue weighted by Crippen LogP contribution is 2.28. The molecule has 4 nitrogen and oxygen atoms in total. The van der Waals surface area contributed by atoms with Crippen LogP contribution in [0.4, 0.5) is 11.4 Å². The van der Waals surface area contributed by atoms with Crippen molar-refractivity contribution in [2.45, 2.75) is 13.8 Å². The second kappa shape index (κ2) is 5.54. The topological polar surface area (TPSA) is 75.4 Å². The van der Waals surface area contributed by atoms with Crippen molar-refractivity contribution in [3.8, 4) is 5.75 Å². The lowest BCUT2D eigenvalue weighted by atomic mass is 10.1. The molecule has 0 unspecified atom stereocenters. The molecule has 0 spiro atoms. The Morgan fingerprint density at radius 3 is 2.50 bits per heavy atom. The molecule has 0 radical (unpaired) electrons. The number of aryl methyl sites for hydroxylation is 2. The van der Waals surface area contributed by atoms with Crippen LogP contribution < -0.4 is 11.1 Å². The Hall–Kier alpha value is -2.01. The van der Waals surface area contributed by atoms with Crippen LogP contribution in [-0.2, 0) is 0 Å². The molecule has 0 aromatic heterocycles. The molecule has 4 N–H and O–H groups in total. The Labute approximate surface area is 125 Å². The predicted molar refractivity (Wildman–Crippen MR) is 84.1 cm³/mol. The lowest BCUT2D eigenvalue weighted by molar-refractivity contribution is 0.102. The van der Waals surface area contributed by atoms with Crippen LogP contribution in [0, 0.1) is 13.8 Å². The molecule has 0 aliphatic carbocycles. The van der Waals surface area contributed by atoms with E-state index in [4.69, 9.17) is 5.73 Å². The summed E-state index contributed by atoms with van der Waals surface area (Å²) in [6.07, 6.45) is 0. The van der Waals surface area contributed by atoms with Crippen LogP contribution in [0.15, 0.2) is 34.8 Å². The van der Waals surface area contributed by atoms with Gasteiger partial charge in [0.25, 0.3) is 5.91 Å². The predicted octanol–water partition coefficient (Wildman–Crippen LogP) is 3.61. The van der Waals surface area contributed by atoms with Crippen molar-refractivity contribution in [3.05, 3.63) is 51.5 Å². The number of halogens is 1. The standard InChI is InChI=1S/C15H15BrN2O2/c1-8-3-4-10(6-13(8)19)15(20)18-14-9(2)5-11(16)7-12(14)17/h3-7,19H,17H2,1-2H3,(H,18,20). The van der Waals surface area contributed by atoms with Gasteiger partial charge in [0, 0.05) is 10.0 Å². The van der Waals surface area contributed by atoms with E-state index >= 15 is 0 Å². The SMILES string of the molecule is Cc1ccc(C(=O)Nc2c(C)cc(Br)cc2N)cc1O. The lowest BCUT2D eigenvalue weighted by Crippen LogP contribution is -2.14. The van der Waals surface area contributed by atoms with E-state index in [1.807, 2.05) is 13.0 Å². The number of amides is 1. The summed E-state index contributed by atoms with van der Waals surface area (Å²) in [5.74, 6) is -0.212. The second-order valence-corrected chi connectivity index (χ2v) is 5.56. The maximum atomic E-state index is 12.2.